The van der Waals surface area contributed by atoms with Crippen LogP contribution in [-0.2, 0) is 4.79 Å². The van der Waals surface area contributed by atoms with Gasteiger partial charge in [0.15, 0.2) is 5.96 Å². The number of benzene rings is 1. The van der Waals surface area contributed by atoms with Gasteiger partial charge < -0.3 is 24.8 Å². The molecule has 0 unspecified atom stereocenters. The average Bonchev–Trinajstić information content (AvgIpc) is 3.24. The molecule has 30 heavy (non-hydrogen) atoms. The van der Waals surface area contributed by atoms with E-state index in [1.165, 1.54) is 5.69 Å². The number of hydrogen-bond donors (Lipinski definition) is 1. The molecule has 0 atom stereocenters. The van der Waals surface area contributed by atoms with Crippen molar-refractivity contribution in [2.75, 3.05) is 65.9 Å². The van der Waals surface area contributed by atoms with Crippen LogP contribution in [0.15, 0.2) is 29.3 Å². The van der Waals surface area contributed by atoms with E-state index < -0.39 is 0 Å². The van der Waals surface area contributed by atoms with Crippen molar-refractivity contribution < 1.29 is 9.53 Å². The Hall–Kier alpha value is -1.71. The maximum absolute atomic E-state index is 12.8. The van der Waals surface area contributed by atoms with E-state index in [9.17, 15) is 4.79 Å². The summed E-state index contributed by atoms with van der Waals surface area (Å²) in [6.07, 6.45) is 4.17. The number of halogens is 1. The van der Waals surface area contributed by atoms with Crippen LogP contribution in [0.25, 0.3) is 0 Å². The van der Waals surface area contributed by atoms with Crippen LogP contribution >= 0.6 is 24.0 Å². The summed E-state index contributed by atoms with van der Waals surface area (Å²) in [6.45, 7) is 4.35. The number of anilines is 1. The molecule has 3 rings (SSSR count). The Morgan fingerprint density at radius 3 is 2.23 bits per heavy atom. The first-order chi connectivity index (χ1) is 14.0. The molecule has 2 aliphatic rings. The van der Waals surface area contributed by atoms with Crippen LogP contribution in [-0.4, -0.2) is 82.6 Å². The normalized spacial score (nSPS) is 18.6. The summed E-state index contributed by atoms with van der Waals surface area (Å²) in [5.41, 5.74) is 0.930. The molecule has 8 heteroatoms. The lowest BCUT2D eigenvalue weighted by Crippen LogP contribution is -2.55. The lowest BCUT2D eigenvalue weighted by molar-refractivity contribution is -0.138. The van der Waals surface area contributed by atoms with Gasteiger partial charge in [-0.05, 0) is 37.1 Å². The molecule has 1 N–H and O–H groups in total. The molecule has 1 heterocycles. The molecule has 1 aliphatic carbocycles. The summed E-state index contributed by atoms with van der Waals surface area (Å²) in [5.74, 6) is 2.02. The van der Waals surface area contributed by atoms with Gasteiger partial charge in [-0.3, -0.25) is 9.79 Å². The van der Waals surface area contributed by atoms with Crippen LogP contribution in [0.1, 0.15) is 25.7 Å². The second-order valence-corrected chi connectivity index (χ2v) is 8.26. The molecule has 1 saturated carbocycles. The van der Waals surface area contributed by atoms with Gasteiger partial charge in [-0.25, -0.2) is 0 Å². The Bertz CT molecular complexity index is 709. The van der Waals surface area contributed by atoms with Crippen LogP contribution in [0.4, 0.5) is 5.69 Å². The Labute approximate surface area is 197 Å². The van der Waals surface area contributed by atoms with Gasteiger partial charge in [0.05, 0.1) is 12.5 Å². The molecular formula is C22H36IN5O2. The van der Waals surface area contributed by atoms with Gasteiger partial charge >= 0.3 is 0 Å². The lowest BCUT2D eigenvalue weighted by atomic mass is 9.84. The highest BCUT2D eigenvalue weighted by atomic mass is 127. The number of nitrogens with one attached hydrogen (secondary N) is 1. The van der Waals surface area contributed by atoms with Crippen molar-refractivity contribution in [3.63, 3.8) is 0 Å². The van der Waals surface area contributed by atoms with E-state index in [-0.39, 0.29) is 35.3 Å². The van der Waals surface area contributed by atoms with E-state index in [1.807, 2.05) is 33.3 Å². The Morgan fingerprint density at radius 1 is 1.13 bits per heavy atom. The third-order valence-corrected chi connectivity index (χ3v) is 6.23. The minimum atomic E-state index is -0.287. The molecule has 1 amide bonds. The number of piperazine rings is 1. The van der Waals surface area contributed by atoms with Gasteiger partial charge in [0.25, 0.3) is 0 Å². The number of guanidine groups is 1. The fourth-order valence-corrected chi connectivity index (χ4v) is 4.54. The molecule has 0 bridgehead atoms. The number of carbonyl (C=O) groups is 1. The molecule has 168 valence electrons. The monoisotopic (exact) mass is 529 g/mol. The molecular weight excluding hydrogens is 493 g/mol. The fraction of sp³-hybridized carbons (Fsp3) is 0.636. The second-order valence-electron chi connectivity index (χ2n) is 8.26. The topological polar surface area (TPSA) is 60.4 Å². The third kappa shape index (κ3) is 5.50. The molecule has 0 spiro atoms. The highest BCUT2D eigenvalue weighted by Crippen LogP contribution is 2.39. The molecule has 1 aromatic rings. The number of nitrogens with zero attached hydrogens (tertiary/aromatic N) is 4. The van der Waals surface area contributed by atoms with Gasteiger partial charge in [-0.1, -0.05) is 12.8 Å². The summed E-state index contributed by atoms with van der Waals surface area (Å²) in [5, 5.41) is 3.52. The van der Waals surface area contributed by atoms with Gasteiger partial charge in [0.1, 0.15) is 5.75 Å². The Kier molecular flexibility index (Phi) is 9.06. The standard InChI is InChI=1S/C22H35N5O2.HI/c1-23-21(24-17-22(11-5-6-12-22)20(28)25(2)3)27-15-13-26(14-16-27)18-7-9-19(29-4)10-8-18;/h7-10H,5-6,11-17H2,1-4H3,(H,23,24);1H. The van der Waals surface area contributed by atoms with Crippen molar-refractivity contribution in [2.24, 2.45) is 10.4 Å². The van der Waals surface area contributed by atoms with Gasteiger partial charge in [0, 0.05) is 59.6 Å². The molecule has 7 nitrogen and oxygen atoms in total. The summed E-state index contributed by atoms with van der Waals surface area (Å²) in [4.78, 5) is 23.7. The summed E-state index contributed by atoms with van der Waals surface area (Å²) in [7, 11) is 7.23. The lowest BCUT2D eigenvalue weighted by Gasteiger charge is -2.39. The first-order valence-electron chi connectivity index (χ1n) is 10.6. The van der Waals surface area contributed by atoms with Crippen molar-refractivity contribution in [3.05, 3.63) is 24.3 Å². The molecule has 0 radical (unpaired) electrons. The smallest absolute Gasteiger partial charge is 0.230 e. The average molecular weight is 529 g/mol. The van der Waals surface area contributed by atoms with Gasteiger partial charge in [0.2, 0.25) is 5.91 Å². The van der Waals surface area contributed by atoms with Crippen LogP contribution < -0.4 is 15.0 Å². The third-order valence-electron chi connectivity index (χ3n) is 6.23. The number of carbonyl (C=O) groups excluding carboxylic acids is 1. The molecule has 2 fully saturated rings. The van der Waals surface area contributed by atoms with Gasteiger partial charge in [-0.15, -0.1) is 24.0 Å². The van der Waals surface area contributed by atoms with Crippen LogP contribution in [0.3, 0.4) is 0 Å². The van der Waals surface area contributed by atoms with Crippen molar-refractivity contribution in [1.82, 2.24) is 15.1 Å². The zero-order valence-electron chi connectivity index (χ0n) is 18.7. The maximum atomic E-state index is 12.8. The van der Waals surface area contributed by atoms with E-state index in [0.717, 1.165) is 63.6 Å². The van der Waals surface area contributed by atoms with Crippen molar-refractivity contribution in [1.29, 1.82) is 0 Å². The second kappa shape index (κ2) is 11.1. The Morgan fingerprint density at radius 2 is 1.73 bits per heavy atom. The summed E-state index contributed by atoms with van der Waals surface area (Å²) < 4.78 is 5.25. The van der Waals surface area contributed by atoms with E-state index in [2.05, 4.69) is 32.2 Å². The van der Waals surface area contributed by atoms with Crippen molar-refractivity contribution in [2.45, 2.75) is 25.7 Å². The number of amides is 1. The minimum Gasteiger partial charge on any atom is -0.497 e. The van der Waals surface area contributed by atoms with E-state index >= 15 is 0 Å². The SMILES string of the molecule is CN=C(NCC1(C(=O)N(C)C)CCCC1)N1CCN(c2ccc(OC)cc2)CC1.I. The van der Waals surface area contributed by atoms with Crippen LogP contribution in [0.2, 0.25) is 0 Å². The highest BCUT2D eigenvalue weighted by Gasteiger charge is 2.42. The number of aliphatic imine (C=N–C) groups is 1. The van der Waals surface area contributed by atoms with Crippen LogP contribution in [0.5, 0.6) is 5.75 Å². The summed E-state index contributed by atoms with van der Waals surface area (Å²) in [6, 6.07) is 8.23. The Balaban J connectivity index is 0.00000320. The van der Waals surface area contributed by atoms with Crippen molar-refractivity contribution in [3.8, 4) is 5.75 Å². The van der Waals surface area contributed by atoms with E-state index in [1.54, 1.807) is 12.0 Å². The molecule has 1 aromatic carbocycles. The summed E-state index contributed by atoms with van der Waals surface area (Å²) >= 11 is 0. The first kappa shape index (κ1) is 24.6. The van der Waals surface area contributed by atoms with E-state index in [4.69, 9.17) is 4.74 Å². The minimum absolute atomic E-state index is 0. The predicted molar refractivity (Wildman–Crippen MR) is 133 cm³/mol. The van der Waals surface area contributed by atoms with Crippen molar-refractivity contribution >= 4 is 41.5 Å². The number of ether oxygens (including phenoxy) is 1. The van der Waals surface area contributed by atoms with Gasteiger partial charge in [-0.2, -0.15) is 0 Å². The van der Waals surface area contributed by atoms with Crippen LogP contribution in [0, 0.1) is 5.41 Å². The zero-order valence-corrected chi connectivity index (χ0v) is 21.0. The number of methoxy groups -OCH3 is 1. The number of rotatable bonds is 5. The largest absolute Gasteiger partial charge is 0.497 e. The maximum Gasteiger partial charge on any atom is 0.230 e. The zero-order chi connectivity index (χ0) is 20.9. The van der Waals surface area contributed by atoms with E-state index in [0.29, 0.717) is 6.54 Å². The number of hydrogen-bond acceptors (Lipinski definition) is 4. The quantitative estimate of drug-likeness (QED) is 0.361. The molecule has 0 aromatic heterocycles. The molecule has 1 saturated heterocycles. The first-order valence-corrected chi connectivity index (χ1v) is 10.6. The predicted octanol–water partition coefficient (Wildman–Crippen LogP) is 2.66. The highest BCUT2D eigenvalue weighted by molar-refractivity contribution is 14.0. The molecule has 1 aliphatic heterocycles. The fourth-order valence-electron chi connectivity index (χ4n) is 4.54.